The summed E-state index contributed by atoms with van der Waals surface area (Å²) in [6.45, 7) is 2.72. The first-order valence-corrected chi connectivity index (χ1v) is 9.47. The van der Waals surface area contributed by atoms with Gasteiger partial charge in [-0.3, -0.25) is 19.7 Å². The van der Waals surface area contributed by atoms with Crippen LogP contribution in [-0.2, 0) is 42.9 Å². The van der Waals surface area contributed by atoms with E-state index in [1.54, 1.807) is 30.3 Å². The number of methoxy groups -OCH3 is 1. The molecular weight excluding hydrogens is 428 g/mol. The summed E-state index contributed by atoms with van der Waals surface area (Å²) in [5, 5.41) is 4.80. The van der Waals surface area contributed by atoms with E-state index in [9.17, 15) is 24.0 Å². The summed E-state index contributed by atoms with van der Waals surface area (Å²) in [6.07, 6.45) is -4.49. The number of anilines is 1. The van der Waals surface area contributed by atoms with E-state index in [0.717, 1.165) is 27.9 Å². The molecule has 1 aliphatic heterocycles. The Kier molecular flexibility index (Phi) is 8.13. The van der Waals surface area contributed by atoms with Gasteiger partial charge in [0.15, 0.2) is 12.2 Å². The fraction of sp³-hybridized carbons (Fsp3) is 0.450. The van der Waals surface area contributed by atoms with Crippen LogP contribution in [0.2, 0.25) is 0 Å². The number of rotatable bonds is 6. The predicted octanol–water partition coefficient (Wildman–Crippen LogP) is 0.503. The maximum Gasteiger partial charge on any atom is 0.363 e. The maximum absolute atomic E-state index is 12.8. The van der Waals surface area contributed by atoms with Crippen LogP contribution in [-0.4, -0.2) is 67.7 Å². The number of para-hydroxylation sites is 1. The number of ether oxygens (including phenoxy) is 5. The van der Waals surface area contributed by atoms with Gasteiger partial charge in [-0.2, -0.15) is 0 Å². The van der Waals surface area contributed by atoms with Crippen molar-refractivity contribution in [3.05, 3.63) is 30.3 Å². The van der Waals surface area contributed by atoms with Crippen LogP contribution in [0.15, 0.2) is 30.3 Å². The molecule has 1 aliphatic rings. The highest BCUT2D eigenvalue weighted by atomic mass is 16.7. The fourth-order valence-corrected chi connectivity index (χ4v) is 3.13. The van der Waals surface area contributed by atoms with Crippen LogP contribution < -0.4 is 10.6 Å². The van der Waals surface area contributed by atoms with Crippen LogP contribution in [0.4, 0.5) is 10.5 Å². The van der Waals surface area contributed by atoms with E-state index >= 15 is 0 Å². The number of amides is 2. The Morgan fingerprint density at radius 3 is 2.06 bits per heavy atom. The molecule has 32 heavy (non-hydrogen) atoms. The van der Waals surface area contributed by atoms with Crippen molar-refractivity contribution in [1.29, 1.82) is 0 Å². The molecule has 0 saturated carbocycles. The van der Waals surface area contributed by atoms with Gasteiger partial charge in [-0.1, -0.05) is 18.2 Å². The van der Waals surface area contributed by atoms with Gasteiger partial charge in [-0.25, -0.2) is 9.59 Å². The second kappa shape index (κ2) is 10.6. The van der Waals surface area contributed by atoms with E-state index in [4.69, 9.17) is 23.7 Å². The number of carbonyl (C=O) groups is 5. The first kappa shape index (κ1) is 24.6. The molecule has 2 rings (SSSR count). The van der Waals surface area contributed by atoms with Gasteiger partial charge in [-0.15, -0.1) is 0 Å². The average molecular weight is 452 g/mol. The second-order valence-electron chi connectivity index (χ2n) is 6.74. The second-order valence-corrected chi connectivity index (χ2v) is 6.74. The van der Waals surface area contributed by atoms with E-state index in [2.05, 4.69) is 10.6 Å². The molecule has 4 atom stereocenters. The lowest BCUT2D eigenvalue weighted by Crippen LogP contribution is -2.74. The van der Waals surface area contributed by atoms with Crippen molar-refractivity contribution in [1.82, 2.24) is 5.32 Å². The Labute approximate surface area is 183 Å². The summed E-state index contributed by atoms with van der Waals surface area (Å²) >= 11 is 0. The van der Waals surface area contributed by atoms with E-state index in [1.807, 2.05) is 0 Å². The molecule has 0 unspecified atom stereocenters. The number of hydrogen-bond acceptors (Lipinski definition) is 10. The number of carbonyl (C=O) groups excluding carboxylic acids is 5. The molecule has 0 aliphatic carbocycles. The normalized spacial score (nSPS) is 24.4. The van der Waals surface area contributed by atoms with Crippen molar-refractivity contribution < 1.29 is 47.7 Å². The minimum absolute atomic E-state index is 0.388. The van der Waals surface area contributed by atoms with Crippen LogP contribution in [0.3, 0.4) is 0 Å². The topological polar surface area (TPSA) is 156 Å². The Hall–Kier alpha value is -3.67. The van der Waals surface area contributed by atoms with Gasteiger partial charge in [0, 0.05) is 26.5 Å². The van der Waals surface area contributed by atoms with Crippen LogP contribution in [0.25, 0.3) is 0 Å². The van der Waals surface area contributed by atoms with Gasteiger partial charge in [-0.05, 0) is 12.1 Å². The molecule has 0 bridgehead atoms. The zero-order valence-electron chi connectivity index (χ0n) is 17.9. The minimum Gasteiger partial charge on any atom is -0.465 e. The standard InChI is InChI=1S/C20H24N2O10/c1-11(23)30-15-10-29-20(18(26)28-4,17(32-13(3)25)16(15)31-12(2)24)22-19(27)21-14-8-6-5-7-9-14/h5-9,15-17H,10H2,1-4H3,(H2,21,22,27)/t15-,16-,17+,20+/m0/s1. The molecule has 2 amide bonds. The molecule has 0 radical (unpaired) electrons. The third kappa shape index (κ3) is 5.94. The summed E-state index contributed by atoms with van der Waals surface area (Å²) in [6, 6.07) is 7.35. The molecule has 1 saturated heterocycles. The van der Waals surface area contributed by atoms with E-state index in [-0.39, 0.29) is 0 Å². The van der Waals surface area contributed by atoms with Crippen molar-refractivity contribution in [3.8, 4) is 0 Å². The molecule has 12 nitrogen and oxygen atoms in total. The highest BCUT2D eigenvalue weighted by Crippen LogP contribution is 2.32. The van der Waals surface area contributed by atoms with Crippen molar-refractivity contribution >= 4 is 35.6 Å². The summed E-state index contributed by atoms with van der Waals surface area (Å²) in [5.74, 6) is -3.60. The van der Waals surface area contributed by atoms with Crippen molar-refractivity contribution in [2.45, 2.75) is 44.8 Å². The van der Waals surface area contributed by atoms with E-state index in [0.29, 0.717) is 5.69 Å². The van der Waals surface area contributed by atoms with Crippen molar-refractivity contribution in [2.24, 2.45) is 0 Å². The first-order chi connectivity index (χ1) is 15.1. The largest absolute Gasteiger partial charge is 0.465 e. The molecule has 12 heteroatoms. The van der Waals surface area contributed by atoms with Crippen molar-refractivity contribution in [2.75, 3.05) is 19.0 Å². The fourth-order valence-electron chi connectivity index (χ4n) is 3.13. The van der Waals surface area contributed by atoms with Crippen LogP contribution in [0.1, 0.15) is 20.8 Å². The number of benzene rings is 1. The molecular formula is C20H24N2O10. The Morgan fingerprint density at radius 2 is 1.53 bits per heavy atom. The lowest BCUT2D eigenvalue weighted by atomic mass is 9.93. The third-order valence-electron chi connectivity index (χ3n) is 4.27. The number of urea groups is 1. The van der Waals surface area contributed by atoms with Gasteiger partial charge in [0.1, 0.15) is 0 Å². The smallest absolute Gasteiger partial charge is 0.363 e. The number of hydrogen-bond donors (Lipinski definition) is 2. The van der Waals surface area contributed by atoms with Gasteiger partial charge in [0.25, 0.3) is 5.72 Å². The van der Waals surface area contributed by atoms with E-state index in [1.165, 1.54) is 0 Å². The maximum atomic E-state index is 12.8. The highest BCUT2D eigenvalue weighted by molar-refractivity contribution is 5.94. The lowest BCUT2D eigenvalue weighted by molar-refractivity contribution is -0.262. The Bertz CT molecular complexity index is 874. The number of esters is 4. The molecule has 0 spiro atoms. The summed E-state index contributed by atoms with van der Waals surface area (Å²) in [7, 11) is 1.02. The van der Waals surface area contributed by atoms with Gasteiger partial charge in [0.05, 0.1) is 13.7 Å². The van der Waals surface area contributed by atoms with Gasteiger partial charge in [0.2, 0.25) is 6.10 Å². The monoisotopic (exact) mass is 452 g/mol. The predicted molar refractivity (Wildman–Crippen MR) is 106 cm³/mol. The molecule has 0 aromatic heterocycles. The third-order valence-corrected chi connectivity index (χ3v) is 4.27. The van der Waals surface area contributed by atoms with Gasteiger partial charge < -0.3 is 29.0 Å². The SMILES string of the molecule is COC(=O)[C@]1(NC(=O)Nc2ccccc2)OC[C@H](OC(C)=O)[C@H](OC(C)=O)[C@H]1OC(C)=O. The molecule has 1 aromatic carbocycles. The summed E-state index contributed by atoms with van der Waals surface area (Å²) in [4.78, 5) is 60.6. The van der Waals surface area contributed by atoms with E-state index < -0.39 is 60.6 Å². The zero-order valence-corrected chi connectivity index (χ0v) is 17.9. The van der Waals surface area contributed by atoms with Crippen molar-refractivity contribution in [3.63, 3.8) is 0 Å². The minimum atomic E-state index is -2.42. The molecule has 1 fully saturated rings. The lowest BCUT2D eigenvalue weighted by Gasteiger charge is -2.46. The van der Waals surface area contributed by atoms with Crippen LogP contribution >= 0.6 is 0 Å². The highest BCUT2D eigenvalue weighted by Gasteiger charge is 2.62. The average Bonchev–Trinajstić information content (AvgIpc) is 2.71. The Morgan fingerprint density at radius 1 is 0.938 bits per heavy atom. The molecule has 1 aromatic rings. The van der Waals surface area contributed by atoms with Crippen LogP contribution in [0.5, 0.6) is 0 Å². The Balaban J connectivity index is 2.47. The molecule has 174 valence electrons. The summed E-state index contributed by atoms with van der Waals surface area (Å²) < 4.78 is 25.9. The summed E-state index contributed by atoms with van der Waals surface area (Å²) in [5.41, 5.74) is -2.03. The zero-order chi connectivity index (χ0) is 23.9. The quantitative estimate of drug-likeness (QED) is 0.460. The molecule has 2 N–H and O–H groups in total. The molecule has 1 heterocycles. The first-order valence-electron chi connectivity index (χ1n) is 9.47. The van der Waals surface area contributed by atoms with Crippen LogP contribution in [0, 0.1) is 0 Å². The van der Waals surface area contributed by atoms with Gasteiger partial charge >= 0.3 is 29.9 Å². The number of nitrogens with one attached hydrogen (secondary N) is 2.